The molecule has 6 nitrogen and oxygen atoms in total. The summed E-state index contributed by atoms with van der Waals surface area (Å²) < 4.78 is 0. The zero-order valence-corrected chi connectivity index (χ0v) is 14.5. The molecule has 1 amide bonds. The minimum Gasteiger partial charge on any atom is -0.395 e. The molecule has 1 aliphatic rings. The third-order valence-corrected chi connectivity index (χ3v) is 5.36. The van der Waals surface area contributed by atoms with Gasteiger partial charge in [-0.1, -0.05) is 36.5 Å². The second-order valence-electron chi connectivity index (χ2n) is 6.16. The fourth-order valence-corrected chi connectivity index (χ4v) is 3.88. The molecule has 0 bridgehead atoms. The summed E-state index contributed by atoms with van der Waals surface area (Å²) in [7, 11) is 0. The number of nitrogens with one attached hydrogen (secondary N) is 1. The van der Waals surface area contributed by atoms with Crippen molar-refractivity contribution in [3.05, 3.63) is 40.3 Å². The lowest BCUT2D eigenvalue weighted by molar-refractivity contribution is 0.0471. The Labute approximate surface area is 145 Å². The highest BCUT2D eigenvalue weighted by Gasteiger charge is 2.28. The maximum Gasteiger partial charge on any atom is 0.286 e. The molecule has 1 aliphatic heterocycles. The van der Waals surface area contributed by atoms with Crippen LogP contribution < -0.4 is 5.32 Å². The molecule has 0 spiro atoms. The van der Waals surface area contributed by atoms with Crippen LogP contribution in [-0.2, 0) is 6.54 Å². The first-order valence-electron chi connectivity index (χ1n) is 8.21. The number of aromatic nitrogens is 2. The Hall–Kier alpha value is -1.83. The molecule has 2 N–H and O–H groups in total. The number of para-hydroxylation sites is 1. The van der Waals surface area contributed by atoms with Gasteiger partial charge >= 0.3 is 0 Å². The van der Waals surface area contributed by atoms with E-state index in [2.05, 4.69) is 27.3 Å². The van der Waals surface area contributed by atoms with E-state index in [1.165, 1.54) is 11.3 Å². The molecular weight excluding hydrogens is 324 g/mol. The predicted octanol–water partition coefficient (Wildman–Crippen LogP) is 2.38. The van der Waals surface area contributed by atoms with Gasteiger partial charge in [-0.05, 0) is 37.4 Å². The zero-order valence-electron chi connectivity index (χ0n) is 13.7. The Morgan fingerprint density at radius 1 is 1.38 bits per heavy atom. The molecule has 24 heavy (non-hydrogen) atoms. The normalized spacial score (nSPS) is 21.6. The van der Waals surface area contributed by atoms with E-state index in [-0.39, 0.29) is 18.6 Å². The van der Waals surface area contributed by atoms with Crippen LogP contribution in [0.1, 0.15) is 34.6 Å². The second kappa shape index (κ2) is 7.83. The maximum absolute atomic E-state index is 12.2. The van der Waals surface area contributed by atoms with Gasteiger partial charge in [0.2, 0.25) is 5.01 Å². The van der Waals surface area contributed by atoms with Gasteiger partial charge in [0.1, 0.15) is 5.01 Å². The van der Waals surface area contributed by atoms with Crippen molar-refractivity contribution in [1.29, 1.82) is 0 Å². The zero-order chi connectivity index (χ0) is 16.9. The summed E-state index contributed by atoms with van der Waals surface area (Å²) in [6.45, 7) is 3.90. The number of hydrogen-bond donors (Lipinski definition) is 2. The topological polar surface area (TPSA) is 78.4 Å². The van der Waals surface area contributed by atoms with E-state index in [1.54, 1.807) is 0 Å². The summed E-state index contributed by atoms with van der Waals surface area (Å²) in [4.78, 5) is 14.5. The summed E-state index contributed by atoms with van der Waals surface area (Å²) in [6, 6.07) is 9.46. The highest BCUT2D eigenvalue weighted by atomic mass is 32.1. The van der Waals surface area contributed by atoms with Crippen LogP contribution in [0.4, 0.5) is 5.69 Å². The van der Waals surface area contributed by atoms with E-state index in [4.69, 9.17) is 0 Å². The third-order valence-electron chi connectivity index (χ3n) is 4.45. The van der Waals surface area contributed by atoms with Gasteiger partial charge in [-0.3, -0.25) is 9.69 Å². The van der Waals surface area contributed by atoms with Crippen LogP contribution >= 0.6 is 11.3 Å². The van der Waals surface area contributed by atoms with E-state index < -0.39 is 0 Å². The van der Waals surface area contributed by atoms with Crippen LogP contribution in [-0.4, -0.2) is 45.3 Å². The summed E-state index contributed by atoms with van der Waals surface area (Å²) in [5.74, 6) is 0.230. The van der Waals surface area contributed by atoms with E-state index in [0.29, 0.717) is 17.5 Å². The standard InChI is InChI=1S/C17H22N4O2S/c1-12-6-5-9-21(14(12)11-22)10-15-19-20-17(24-15)16(23)18-13-7-3-2-4-8-13/h2-4,7-8,12,14,22H,5-6,9-11H2,1H3,(H,18,23)/t12-,14+/m0/s1. The molecule has 1 saturated heterocycles. The van der Waals surface area contributed by atoms with Gasteiger partial charge in [0.05, 0.1) is 13.2 Å². The van der Waals surface area contributed by atoms with Crippen LogP contribution in [0.5, 0.6) is 0 Å². The lowest BCUT2D eigenvalue weighted by atomic mass is 9.91. The molecule has 2 heterocycles. The van der Waals surface area contributed by atoms with Crippen LogP contribution in [0.3, 0.4) is 0 Å². The monoisotopic (exact) mass is 346 g/mol. The van der Waals surface area contributed by atoms with E-state index >= 15 is 0 Å². The molecule has 0 unspecified atom stereocenters. The fraction of sp³-hybridized carbons (Fsp3) is 0.471. The van der Waals surface area contributed by atoms with Gasteiger partial charge in [0, 0.05) is 11.7 Å². The number of likely N-dealkylation sites (tertiary alicyclic amines) is 1. The summed E-state index contributed by atoms with van der Waals surface area (Å²) in [5.41, 5.74) is 0.740. The van der Waals surface area contributed by atoms with Gasteiger partial charge in [-0.2, -0.15) is 0 Å². The number of carbonyl (C=O) groups is 1. The number of anilines is 1. The van der Waals surface area contributed by atoms with Gasteiger partial charge in [0.25, 0.3) is 5.91 Å². The first kappa shape index (κ1) is 17.0. The second-order valence-corrected chi connectivity index (χ2v) is 7.22. The molecule has 2 aromatic rings. The first-order chi connectivity index (χ1) is 11.7. The number of carbonyl (C=O) groups excluding carboxylic acids is 1. The SMILES string of the molecule is C[C@H]1CCCN(Cc2nnc(C(=O)Nc3ccccc3)s2)[C@@H]1CO. The van der Waals surface area contributed by atoms with Gasteiger partial charge < -0.3 is 10.4 Å². The van der Waals surface area contributed by atoms with Crippen molar-refractivity contribution in [1.82, 2.24) is 15.1 Å². The molecule has 1 aromatic carbocycles. The van der Waals surface area contributed by atoms with Crippen molar-refractivity contribution in [3.8, 4) is 0 Å². The number of amides is 1. The largest absolute Gasteiger partial charge is 0.395 e. The summed E-state index contributed by atoms with van der Waals surface area (Å²) in [5, 5.41) is 21.8. The number of nitrogens with zero attached hydrogens (tertiary/aromatic N) is 3. The molecule has 0 saturated carbocycles. The van der Waals surface area contributed by atoms with Crippen LogP contribution in [0.25, 0.3) is 0 Å². The average molecular weight is 346 g/mol. The van der Waals surface area contributed by atoms with Gasteiger partial charge in [0.15, 0.2) is 0 Å². The number of piperidine rings is 1. The number of benzene rings is 1. The molecule has 1 aromatic heterocycles. The van der Waals surface area contributed by atoms with E-state index in [9.17, 15) is 9.90 Å². The molecule has 7 heteroatoms. The van der Waals surface area contributed by atoms with Crippen molar-refractivity contribution in [2.24, 2.45) is 5.92 Å². The Morgan fingerprint density at radius 3 is 2.92 bits per heavy atom. The van der Waals surface area contributed by atoms with Crippen LogP contribution in [0, 0.1) is 5.92 Å². The van der Waals surface area contributed by atoms with E-state index in [1.807, 2.05) is 30.3 Å². The minimum atomic E-state index is -0.240. The Bertz CT molecular complexity index is 676. The van der Waals surface area contributed by atoms with Crippen molar-refractivity contribution in [2.45, 2.75) is 32.4 Å². The average Bonchev–Trinajstić information content (AvgIpc) is 3.05. The Kier molecular flexibility index (Phi) is 5.55. The Morgan fingerprint density at radius 2 is 2.17 bits per heavy atom. The maximum atomic E-state index is 12.2. The van der Waals surface area contributed by atoms with Crippen LogP contribution in [0.15, 0.2) is 30.3 Å². The lowest BCUT2D eigenvalue weighted by Gasteiger charge is -2.38. The fourth-order valence-electron chi connectivity index (χ4n) is 3.12. The number of aliphatic hydroxyl groups is 1. The van der Waals surface area contributed by atoms with Crippen LogP contribution in [0.2, 0.25) is 0 Å². The number of hydrogen-bond acceptors (Lipinski definition) is 6. The highest BCUT2D eigenvalue weighted by Crippen LogP contribution is 2.25. The highest BCUT2D eigenvalue weighted by molar-refractivity contribution is 7.13. The molecule has 1 fully saturated rings. The van der Waals surface area contributed by atoms with Gasteiger partial charge in [-0.15, -0.1) is 10.2 Å². The lowest BCUT2D eigenvalue weighted by Crippen LogP contribution is -2.45. The van der Waals surface area contributed by atoms with E-state index in [0.717, 1.165) is 30.1 Å². The predicted molar refractivity (Wildman–Crippen MR) is 94.0 cm³/mol. The van der Waals surface area contributed by atoms with Crippen molar-refractivity contribution >= 4 is 22.9 Å². The van der Waals surface area contributed by atoms with Crippen molar-refractivity contribution < 1.29 is 9.90 Å². The van der Waals surface area contributed by atoms with Gasteiger partial charge in [-0.25, -0.2) is 0 Å². The third kappa shape index (κ3) is 3.98. The first-order valence-corrected chi connectivity index (χ1v) is 9.02. The quantitative estimate of drug-likeness (QED) is 0.869. The van der Waals surface area contributed by atoms with Crippen molar-refractivity contribution in [3.63, 3.8) is 0 Å². The molecule has 0 radical (unpaired) electrons. The summed E-state index contributed by atoms with van der Waals surface area (Å²) in [6.07, 6.45) is 2.26. The number of aliphatic hydroxyl groups excluding tert-OH is 1. The van der Waals surface area contributed by atoms with Crippen molar-refractivity contribution in [2.75, 3.05) is 18.5 Å². The molecular formula is C17H22N4O2S. The molecule has 2 atom stereocenters. The smallest absolute Gasteiger partial charge is 0.286 e. The Balaban J connectivity index is 1.63. The molecule has 3 rings (SSSR count). The summed E-state index contributed by atoms with van der Waals surface area (Å²) >= 11 is 1.31. The molecule has 0 aliphatic carbocycles. The number of rotatable bonds is 5. The minimum absolute atomic E-state index is 0.154. The molecule has 128 valence electrons.